The van der Waals surface area contributed by atoms with Gasteiger partial charge in [-0.05, 0) is 67.3 Å². The molecular weight excluding hydrogens is 456 g/mol. The van der Waals surface area contributed by atoms with Crippen LogP contribution in [0.4, 0.5) is 0 Å². The van der Waals surface area contributed by atoms with Crippen LogP contribution < -0.4 is 15.9 Å². The Bertz CT molecular complexity index is 1550. The van der Waals surface area contributed by atoms with Crippen molar-refractivity contribution in [3.8, 4) is 5.75 Å². The maximum atomic E-state index is 13.8. The Morgan fingerprint density at radius 3 is 2.31 bits per heavy atom. The standard InChI is InChI=1S/C29H26N2O5/c1-16-4-6-19(7-5-16)14-31-26(20-8-10-21(11-9-20)35-15-24(30)32)25-27(33)22-12-17(2)18(3)13-23(22)36-28(25)29(31)34/h4-13,26H,14-15H2,1-3H3,(H2,30,32). The lowest BCUT2D eigenvalue weighted by Gasteiger charge is -2.25. The van der Waals surface area contributed by atoms with E-state index in [9.17, 15) is 14.4 Å². The Morgan fingerprint density at radius 2 is 1.64 bits per heavy atom. The smallest absolute Gasteiger partial charge is 0.291 e. The maximum Gasteiger partial charge on any atom is 0.291 e. The molecule has 0 spiro atoms. The third kappa shape index (κ3) is 4.13. The van der Waals surface area contributed by atoms with Crippen LogP contribution in [0.2, 0.25) is 0 Å². The van der Waals surface area contributed by atoms with Gasteiger partial charge in [-0.25, -0.2) is 0 Å². The van der Waals surface area contributed by atoms with E-state index in [4.69, 9.17) is 14.9 Å². The second-order valence-electron chi connectivity index (χ2n) is 9.25. The van der Waals surface area contributed by atoms with Gasteiger partial charge in [-0.3, -0.25) is 14.4 Å². The van der Waals surface area contributed by atoms with Crippen LogP contribution in [-0.2, 0) is 11.3 Å². The molecule has 5 rings (SSSR count). The van der Waals surface area contributed by atoms with Crippen LogP contribution in [0.15, 0.2) is 69.9 Å². The highest BCUT2D eigenvalue weighted by Crippen LogP contribution is 2.39. The monoisotopic (exact) mass is 482 g/mol. The summed E-state index contributed by atoms with van der Waals surface area (Å²) in [6.45, 7) is 5.96. The fourth-order valence-electron chi connectivity index (χ4n) is 4.58. The van der Waals surface area contributed by atoms with Gasteiger partial charge in [-0.15, -0.1) is 0 Å². The molecule has 0 radical (unpaired) electrons. The van der Waals surface area contributed by atoms with Crippen molar-refractivity contribution < 1.29 is 18.7 Å². The first-order valence-corrected chi connectivity index (χ1v) is 11.7. The maximum absolute atomic E-state index is 13.8. The topological polar surface area (TPSA) is 103 Å². The second-order valence-corrected chi connectivity index (χ2v) is 9.25. The predicted molar refractivity (Wildman–Crippen MR) is 136 cm³/mol. The van der Waals surface area contributed by atoms with Gasteiger partial charge >= 0.3 is 0 Å². The molecule has 0 saturated carbocycles. The van der Waals surface area contributed by atoms with Gasteiger partial charge in [0.15, 0.2) is 12.0 Å². The van der Waals surface area contributed by atoms with Gasteiger partial charge in [0, 0.05) is 6.54 Å². The van der Waals surface area contributed by atoms with Crippen LogP contribution in [0.5, 0.6) is 5.75 Å². The molecule has 1 aromatic heterocycles. The Hall–Kier alpha value is -4.39. The highest BCUT2D eigenvalue weighted by atomic mass is 16.5. The number of carbonyl (C=O) groups is 2. The minimum absolute atomic E-state index is 0.0712. The quantitative estimate of drug-likeness (QED) is 0.441. The van der Waals surface area contributed by atoms with Crippen molar-refractivity contribution >= 4 is 22.8 Å². The summed E-state index contributed by atoms with van der Waals surface area (Å²) in [5.41, 5.74) is 10.4. The number of hydrogen-bond acceptors (Lipinski definition) is 5. The fraction of sp³-hybridized carbons (Fsp3) is 0.207. The molecule has 0 fully saturated rings. The summed E-state index contributed by atoms with van der Waals surface area (Å²) in [6.07, 6.45) is 0. The molecule has 7 heteroatoms. The summed E-state index contributed by atoms with van der Waals surface area (Å²) >= 11 is 0. The summed E-state index contributed by atoms with van der Waals surface area (Å²) < 4.78 is 11.5. The van der Waals surface area contributed by atoms with E-state index in [1.807, 2.05) is 57.2 Å². The molecule has 4 aromatic rings. The SMILES string of the molecule is Cc1ccc(CN2C(=O)c3oc4cc(C)c(C)cc4c(=O)c3C2c2ccc(OCC(N)=O)cc2)cc1. The molecule has 182 valence electrons. The minimum Gasteiger partial charge on any atom is -0.484 e. The average molecular weight is 483 g/mol. The average Bonchev–Trinajstić information content (AvgIpc) is 3.12. The van der Waals surface area contributed by atoms with Crippen LogP contribution in [0.25, 0.3) is 11.0 Å². The van der Waals surface area contributed by atoms with E-state index in [-0.39, 0.29) is 23.7 Å². The van der Waals surface area contributed by atoms with E-state index >= 15 is 0 Å². The fourth-order valence-corrected chi connectivity index (χ4v) is 4.58. The molecule has 2 heterocycles. The molecule has 0 aliphatic carbocycles. The number of primary amides is 1. The van der Waals surface area contributed by atoms with E-state index in [2.05, 4.69) is 0 Å². The predicted octanol–water partition coefficient (Wildman–Crippen LogP) is 4.33. The van der Waals surface area contributed by atoms with Gasteiger partial charge in [0.25, 0.3) is 11.8 Å². The minimum atomic E-state index is -0.638. The molecule has 2 amide bonds. The van der Waals surface area contributed by atoms with Crippen molar-refractivity contribution in [2.45, 2.75) is 33.4 Å². The third-order valence-corrected chi connectivity index (χ3v) is 6.63. The lowest BCUT2D eigenvalue weighted by molar-refractivity contribution is -0.119. The number of nitrogens with two attached hydrogens (primary N) is 1. The van der Waals surface area contributed by atoms with Crippen molar-refractivity contribution in [2.75, 3.05) is 6.61 Å². The molecule has 2 N–H and O–H groups in total. The van der Waals surface area contributed by atoms with Crippen molar-refractivity contribution in [3.63, 3.8) is 0 Å². The summed E-state index contributed by atoms with van der Waals surface area (Å²) in [7, 11) is 0. The largest absolute Gasteiger partial charge is 0.484 e. The Kier molecular flexibility index (Phi) is 5.84. The van der Waals surface area contributed by atoms with Gasteiger partial charge in [0.1, 0.15) is 11.3 Å². The number of fused-ring (bicyclic) bond motifs is 2. The zero-order chi connectivity index (χ0) is 25.6. The number of aryl methyl sites for hydroxylation is 3. The first kappa shape index (κ1) is 23.4. The third-order valence-electron chi connectivity index (χ3n) is 6.63. The lowest BCUT2D eigenvalue weighted by Crippen LogP contribution is -2.29. The van der Waals surface area contributed by atoms with E-state index in [0.717, 1.165) is 27.8 Å². The van der Waals surface area contributed by atoms with Gasteiger partial charge in [-0.1, -0.05) is 42.0 Å². The number of amides is 2. The first-order valence-electron chi connectivity index (χ1n) is 11.7. The van der Waals surface area contributed by atoms with Crippen LogP contribution in [0.3, 0.4) is 0 Å². The summed E-state index contributed by atoms with van der Waals surface area (Å²) in [5, 5.41) is 0.452. The Balaban J connectivity index is 1.64. The van der Waals surface area contributed by atoms with Gasteiger partial charge < -0.3 is 19.8 Å². The molecule has 7 nitrogen and oxygen atoms in total. The highest BCUT2D eigenvalue weighted by molar-refractivity contribution is 5.99. The summed E-state index contributed by atoms with van der Waals surface area (Å²) in [4.78, 5) is 40.2. The summed E-state index contributed by atoms with van der Waals surface area (Å²) in [6, 6.07) is 17.9. The van der Waals surface area contributed by atoms with Crippen molar-refractivity contribution in [1.29, 1.82) is 0 Å². The number of rotatable bonds is 6. The van der Waals surface area contributed by atoms with Gasteiger partial charge in [0.2, 0.25) is 5.76 Å². The van der Waals surface area contributed by atoms with Crippen LogP contribution >= 0.6 is 0 Å². The van der Waals surface area contributed by atoms with Gasteiger partial charge in [-0.2, -0.15) is 0 Å². The molecule has 36 heavy (non-hydrogen) atoms. The number of benzene rings is 3. The van der Waals surface area contributed by atoms with Crippen molar-refractivity contribution in [2.24, 2.45) is 5.73 Å². The van der Waals surface area contributed by atoms with Crippen LogP contribution in [0.1, 0.15) is 50.0 Å². The van der Waals surface area contributed by atoms with Gasteiger partial charge in [0.05, 0.1) is 17.0 Å². The number of hydrogen-bond donors (Lipinski definition) is 1. The lowest BCUT2D eigenvalue weighted by atomic mass is 9.97. The number of ether oxygens (including phenoxy) is 1. The molecule has 1 unspecified atom stereocenters. The molecule has 1 aliphatic rings. The van der Waals surface area contributed by atoms with Crippen LogP contribution in [-0.4, -0.2) is 23.3 Å². The molecule has 1 aliphatic heterocycles. The zero-order valence-corrected chi connectivity index (χ0v) is 20.3. The molecule has 0 bridgehead atoms. The molecule has 1 atom stereocenters. The molecule has 3 aromatic carbocycles. The summed E-state index contributed by atoms with van der Waals surface area (Å²) in [5.74, 6) is -0.374. The Morgan fingerprint density at radius 1 is 0.972 bits per heavy atom. The molecular formula is C29H26N2O5. The normalized spacial score (nSPS) is 14.8. The Labute approximate surface area is 208 Å². The number of carbonyl (C=O) groups excluding carboxylic acids is 2. The van der Waals surface area contributed by atoms with E-state index in [0.29, 0.717) is 28.8 Å². The molecule has 0 saturated heterocycles. The van der Waals surface area contributed by atoms with Crippen LogP contribution in [0, 0.1) is 20.8 Å². The van der Waals surface area contributed by atoms with Crippen molar-refractivity contribution in [1.82, 2.24) is 4.90 Å². The van der Waals surface area contributed by atoms with E-state index in [1.165, 1.54) is 0 Å². The number of nitrogens with zero attached hydrogens (tertiary/aromatic N) is 1. The highest BCUT2D eigenvalue weighted by Gasteiger charge is 2.42. The first-order chi connectivity index (χ1) is 17.2. The van der Waals surface area contributed by atoms with E-state index in [1.54, 1.807) is 29.2 Å². The van der Waals surface area contributed by atoms with Crippen molar-refractivity contribution in [3.05, 3.63) is 110 Å². The second kappa shape index (κ2) is 9.00. The van der Waals surface area contributed by atoms with E-state index < -0.39 is 11.9 Å². The zero-order valence-electron chi connectivity index (χ0n) is 20.3.